The summed E-state index contributed by atoms with van der Waals surface area (Å²) in [5.41, 5.74) is 0. The van der Waals surface area contributed by atoms with E-state index in [0.717, 1.165) is 0 Å². The van der Waals surface area contributed by atoms with Crippen molar-refractivity contribution in [3.05, 3.63) is 0 Å². The number of hydrogen-bond acceptors (Lipinski definition) is 3. The summed E-state index contributed by atoms with van der Waals surface area (Å²) in [6.45, 7) is 2.42. The third-order valence-electron chi connectivity index (χ3n) is 1.56. The zero-order valence-corrected chi connectivity index (χ0v) is 7.27. The van der Waals surface area contributed by atoms with Gasteiger partial charge in [-0.05, 0) is 13.2 Å². The fourth-order valence-corrected chi connectivity index (χ4v) is 1.80. The van der Waals surface area contributed by atoms with Gasteiger partial charge in [0.25, 0.3) is 5.91 Å². The molecule has 4 nitrogen and oxygen atoms in total. The number of thioether (sulfide) groups is 1. The summed E-state index contributed by atoms with van der Waals surface area (Å²) in [7, 11) is 0. The summed E-state index contributed by atoms with van der Waals surface area (Å²) in [5.74, 6) is -0.204. The van der Waals surface area contributed by atoms with E-state index >= 15 is 0 Å². The van der Waals surface area contributed by atoms with Crippen molar-refractivity contribution in [2.24, 2.45) is 0 Å². The molecule has 0 aliphatic carbocycles. The lowest BCUT2D eigenvalue weighted by molar-refractivity contribution is -0.119. The molecule has 1 heterocycles. The van der Waals surface area contributed by atoms with Crippen molar-refractivity contribution in [1.29, 1.82) is 0 Å². The van der Waals surface area contributed by atoms with Crippen molar-refractivity contribution in [2.45, 2.75) is 12.3 Å². The molecule has 1 aliphatic heterocycles. The normalized spacial score (nSPS) is 24.2. The van der Waals surface area contributed by atoms with Crippen molar-refractivity contribution < 1.29 is 9.59 Å². The molecular weight excluding hydrogens is 164 g/mol. The highest BCUT2D eigenvalue weighted by molar-refractivity contribution is 7.99. The van der Waals surface area contributed by atoms with Crippen molar-refractivity contribution in [2.75, 3.05) is 12.8 Å². The average Bonchev–Trinajstić information content (AvgIpc) is 2.24. The van der Waals surface area contributed by atoms with E-state index in [-0.39, 0.29) is 17.3 Å². The molecule has 1 aliphatic rings. The molecule has 0 spiro atoms. The van der Waals surface area contributed by atoms with Crippen LogP contribution in [0.25, 0.3) is 0 Å². The highest BCUT2D eigenvalue weighted by Gasteiger charge is 2.36. The van der Waals surface area contributed by atoms with E-state index in [1.54, 1.807) is 0 Å². The molecule has 0 aromatic rings. The molecule has 0 radical (unpaired) electrons. The second-order valence-electron chi connectivity index (χ2n) is 2.17. The lowest BCUT2D eigenvalue weighted by atomic mass is 10.5. The highest BCUT2D eigenvalue weighted by Crippen LogP contribution is 2.17. The molecular formula is C6H10N2O2S. The molecule has 0 aromatic carbocycles. The molecule has 1 fully saturated rings. The first kappa shape index (κ1) is 8.39. The Morgan fingerprint density at radius 2 is 2.27 bits per heavy atom. The van der Waals surface area contributed by atoms with Crippen molar-refractivity contribution in [3.8, 4) is 0 Å². The Labute approximate surface area is 69.3 Å². The zero-order chi connectivity index (χ0) is 8.43. The SMILES string of the molecule is CCN1C(=O)NC(=O)C1SC. The fraction of sp³-hybridized carbons (Fsp3) is 0.667. The summed E-state index contributed by atoms with van der Waals surface area (Å²) < 4.78 is 0. The van der Waals surface area contributed by atoms with Crippen LogP contribution < -0.4 is 5.32 Å². The van der Waals surface area contributed by atoms with Crippen LogP contribution in [0.3, 0.4) is 0 Å². The Balaban J connectivity index is 2.74. The molecule has 1 rings (SSSR count). The molecule has 1 saturated heterocycles. The van der Waals surface area contributed by atoms with Gasteiger partial charge in [-0.3, -0.25) is 10.1 Å². The lowest BCUT2D eigenvalue weighted by Crippen LogP contribution is -2.32. The summed E-state index contributed by atoms with van der Waals surface area (Å²) in [4.78, 5) is 23.5. The monoisotopic (exact) mass is 174 g/mol. The van der Waals surface area contributed by atoms with Gasteiger partial charge >= 0.3 is 6.03 Å². The maximum atomic E-state index is 11.0. The molecule has 11 heavy (non-hydrogen) atoms. The average molecular weight is 174 g/mol. The van der Waals surface area contributed by atoms with Crippen LogP contribution in [-0.2, 0) is 4.79 Å². The zero-order valence-electron chi connectivity index (χ0n) is 6.46. The molecule has 1 N–H and O–H groups in total. The smallest absolute Gasteiger partial charge is 0.304 e. The molecule has 5 heteroatoms. The summed E-state index contributed by atoms with van der Waals surface area (Å²) in [6, 6.07) is -0.281. The van der Waals surface area contributed by atoms with Crippen molar-refractivity contribution in [1.82, 2.24) is 10.2 Å². The molecule has 0 bridgehead atoms. The molecule has 0 saturated carbocycles. The maximum Gasteiger partial charge on any atom is 0.325 e. The van der Waals surface area contributed by atoms with Crippen LogP contribution in [0, 0.1) is 0 Å². The Bertz CT molecular complexity index is 175. The number of hydrogen-bond donors (Lipinski definition) is 1. The second kappa shape index (κ2) is 3.13. The minimum atomic E-state index is -0.326. The number of amides is 3. The Hall–Kier alpha value is -0.710. The van der Waals surface area contributed by atoms with E-state index in [0.29, 0.717) is 6.54 Å². The number of nitrogens with one attached hydrogen (secondary N) is 1. The molecule has 1 unspecified atom stereocenters. The van der Waals surface area contributed by atoms with Crippen LogP contribution in [0.2, 0.25) is 0 Å². The number of carbonyl (C=O) groups is 2. The summed E-state index contributed by atoms with van der Waals surface area (Å²) in [6.07, 6.45) is 1.81. The predicted octanol–water partition coefficient (Wildman–Crippen LogP) is 0.247. The number of carbonyl (C=O) groups excluding carboxylic acids is 2. The van der Waals surface area contributed by atoms with Gasteiger partial charge in [0.05, 0.1) is 0 Å². The van der Waals surface area contributed by atoms with E-state index in [1.165, 1.54) is 16.7 Å². The van der Waals surface area contributed by atoms with Gasteiger partial charge in [0.2, 0.25) is 0 Å². The highest BCUT2D eigenvalue weighted by atomic mass is 32.2. The van der Waals surface area contributed by atoms with Crippen LogP contribution in [0.1, 0.15) is 6.92 Å². The van der Waals surface area contributed by atoms with Crippen molar-refractivity contribution >= 4 is 23.7 Å². The summed E-state index contributed by atoms with van der Waals surface area (Å²) in [5, 5.41) is 1.92. The van der Waals surface area contributed by atoms with Gasteiger partial charge in [-0.15, -0.1) is 11.8 Å². The van der Waals surface area contributed by atoms with Crippen LogP contribution in [0.4, 0.5) is 4.79 Å². The van der Waals surface area contributed by atoms with Gasteiger partial charge in [-0.1, -0.05) is 0 Å². The fourth-order valence-electron chi connectivity index (χ4n) is 1.03. The van der Waals surface area contributed by atoms with Gasteiger partial charge < -0.3 is 4.90 Å². The van der Waals surface area contributed by atoms with Gasteiger partial charge in [-0.2, -0.15) is 0 Å². The Morgan fingerprint density at radius 3 is 2.64 bits per heavy atom. The first-order chi connectivity index (χ1) is 5.20. The predicted molar refractivity (Wildman–Crippen MR) is 43.2 cm³/mol. The summed E-state index contributed by atoms with van der Waals surface area (Å²) >= 11 is 1.37. The third-order valence-corrected chi connectivity index (χ3v) is 2.48. The second-order valence-corrected chi connectivity index (χ2v) is 3.09. The molecule has 0 aromatic heterocycles. The number of urea groups is 1. The van der Waals surface area contributed by atoms with Gasteiger partial charge in [0.15, 0.2) is 5.37 Å². The molecule has 62 valence electrons. The first-order valence-corrected chi connectivity index (χ1v) is 4.63. The third kappa shape index (κ3) is 1.33. The van der Waals surface area contributed by atoms with Gasteiger partial charge in [-0.25, -0.2) is 4.79 Å². The lowest BCUT2D eigenvalue weighted by Gasteiger charge is -2.16. The quantitative estimate of drug-likeness (QED) is 0.610. The molecule has 1 atom stereocenters. The Kier molecular flexibility index (Phi) is 2.38. The Morgan fingerprint density at radius 1 is 1.64 bits per heavy atom. The maximum absolute atomic E-state index is 11.0. The first-order valence-electron chi connectivity index (χ1n) is 3.35. The van der Waals surface area contributed by atoms with Crippen LogP contribution >= 0.6 is 11.8 Å². The minimum absolute atomic E-state index is 0.204. The van der Waals surface area contributed by atoms with E-state index in [9.17, 15) is 9.59 Å². The number of likely N-dealkylation sites (N-methyl/N-ethyl adjacent to an activating group) is 1. The van der Waals surface area contributed by atoms with E-state index in [4.69, 9.17) is 0 Å². The molecule has 3 amide bonds. The number of rotatable bonds is 2. The largest absolute Gasteiger partial charge is 0.325 e. The number of nitrogens with zero attached hydrogens (tertiary/aromatic N) is 1. The van der Waals surface area contributed by atoms with E-state index < -0.39 is 0 Å². The van der Waals surface area contributed by atoms with Crippen LogP contribution in [0.5, 0.6) is 0 Å². The minimum Gasteiger partial charge on any atom is -0.304 e. The topological polar surface area (TPSA) is 49.4 Å². The number of imide groups is 1. The van der Waals surface area contributed by atoms with Crippen molar-refractivity contribution in [3.63, 3.8) is 0 Å². The van der Waals surface area contributed by atoms with Gasteiger partial charge in [0.1, 0.15) is 0 Å². The standard InChI is InChI=1S/C6H10N2O2S/c1-3-8-5(11-2)4(9)7-6(8)10/h5H,3H2,1-2H3,(H,7,9,10). The van der Waals surface area contributed by atoms with E-state index in [1.807, 2.05) is 13.2 Å². The van der Waals surface area contributed by atoms with E-state index in [2.05, 4.69) is 5.32 Å². The van der Waals surface area contributed by atoms with Crippen LogP contribution in [-0.4, -0.2) is 35.0 Å². The van der Waals surface area contributed by atoms with Crippen LogP contribution in [0.15, 0.2) is 0 Å². The van der Waals surface area contributed by atoms with Gasteiger partial charge in [0, 0.05) is 6.54 Å².